The highest BCUT2D eigenvalue weighted by atomic mass is 16.2. The zero-order valence-corrected chi connectivity index (χ0v) is 14.7. The van der Waals surface area contributed by atoms with E-state index in [2.05, 4.69) is 10.6 Å². The van der Waals surface area contributed by atoms with Gasteiger partial charge in [0, 0.05) is 25.2 Å². The Bertz CT molecular complexity index is 701. The maximum absolute atomic E-state index is 11.4. The summed E-state index contributed by atoms with van der Waals surface area (Å²) in [6.07, 6.45) is 1.57. The van der Waals surface area contributed by atoms with Gasteiger partial charge in [-0.15, -0.1) is 0 Å². The maximum Gasteiger partial charge on any atom is 0.221 e. The van der Waals surface area contributed by atoms with Gasteiger partial charge in [-0.2, -0.15) is 0 Å². The lowest BCUT2D eigenvalue weighted by molar-refractivity contribution is -0.115. The monoisotopic (exact) mass is 324 g/mol. The van der Waals surface area contributed by atoms with Crippen LogP contribution in [0, 0.1) is 13.8 Å². The minimum atomic E-state index is -0.0730. The van der Waals surface area contributed by atoms with E-state index in [1.165, 1.54) is 13.8 Å². The Morgan fingerprint density at radius 2 is 1.12 bits per heavy atom. The van der Waals surface area contributed by atoms with E-state index in [4.69, 9.17) is 0 Å². The lowest BCUT2D eigenvalue weighted by Gasteiger charge is -2.14. The van der Waals surface area contributed by atoms with Crippen LogP contribution in [0.2, 0.25) is 0 Å². The van der Waals surface area contributed by atoms with E-state index in [0.717, 1.165) is 46.5 Å². The first-order chi connectivity index (χ1) is 11.3. The molecule has 0 aromatic heterocycles. The van der Waals surface area contributed by atoms with Gasteiger partial charge in [-0.1, -0.05) is 24.3 Å². The van der Waals surface area contributed by atoms with Crippen LogP contribution in [0.5, 0.6) is 0 Å². The number of benzene rings is 2. The molecule has 2 N–H and O–H groups in total. The van der Waals surface area contributed by atoms with Crippen LogP contribution in [0.15, 0.2) is 36.4 Å². The van der Waals surface area contributed by atoms with Crippen molar-refractivity contribution in [2.24, 2.45) is 0 Å². The van der Waals surface area contributed by atoms with Gasteiger partial charge < -0.3 is 10.6 Å². The number of anilines is 2. The third-order valence-electron chi connectivity index (χ3n) is 3.82. The summed E-state index contributed by atoms with van der Waals surface area (Å²) in [6, 6.07) is 12.2. The van der Waals surface area contributed by atoms with Crippen LogP contribution in [0.4, 0.5) is 11.4 Å². The van der Waals surface area contributed by atoms with Crippen molar-refractivity contribution < 1.29 is 9.59 Å². The second-order valence-electron chi connectivity index (χ2n) is 6.18. The molecule has 0 aliphatic carbocycles. The van der Waals surface area contributed by atoms with E-state index in [1.54, 1.807) is 0 Å². The van der Waals surface area contributed by atoms with Crippen LogP contribution in [0.25, 0.3) is 0 Å². The van der Waals surface area contributed by atoms with Crippen molar-refractivity contribution in [3.63, 3.8) is 0 Å². The molecular formula is C20H24N2O2. The molecule has 126 valence electrons. The van der Waals surface area contributed by atoms with Crippen molar-refractivity contribution >= 4 is 23.2 Å². The lowest BCUT2D eigenvalue weighted by atomic mass is 9.99. The molecule has 0 bridgehead atoms. The number of rotatable bonds is 5. The highest BCUT2D eigenvalue weighted by Gasteiger charge is 2.08. The third-order valence-corrected chi connectivity index (χ3v) is 3.82. The minimum absolute atomic E-state index is 0.0730. The van der Waals surface area contributed by atoms with Crippen molar-refractivity contribution in [2.75, 3.05) is 10.6 Å². The molecule has 0 heterocycles. The molecule has 24 heavy (non-hydrogen) atoms. The Morgan fingerprint density at radius 3 is 1.46 bits per heavy atom. The highest BCUT2D eigenvalue weighted by Crippen LogP contribution is 2.23. The average molecular weight is 324 g/mol. The summed E-state index contributed by atoms with van der Waals surface area (Å²) in [5.74, 6) is -0.146. The summed E-state index contributed by atoms with van der Waals surface area (Å²) in [7, 11) is 0. The molecule has 0 radical (unpaired) electrons. The van der Waals surface area contributed by atoms with Crippen LogP contribution >= 0.6 is 0 Å². The van der Waals surface area contributed by atoms with Crippen LogP contribution in [-0.4, -0.2) is 11.8 Å². The van der Waals surface area contributed by atoms with Crippen LogP contribution in [-0.2, 0) is 22.4 Å². The van der Waals surface area contributed by atoms with Gasteiger partial charge in [0.2, 0.25) is 11.8 Å². The van der Waals surface area contributed by atoms with Crippen molar-refractivity contribution in [1.82, 2.24) is 0 Å². The molecule has 0 fully saturated rings. The maximum atomic E-state index is 11.4. The van der Waals surface area contributed by atoms with Gasteiger partial charge in [0.05, 0.1) is 0 Å². The van der Waals surface area contributed by atoms with Crippen molar-refractivity contribution in [3.8, 4) is 0 Å². The standard InChI is InChI=1S/C20H24N2O2/c1-13-5-7-17(19(11-13)21-15(3)23)9-10-18-8-6-14(2)12-20(18)22-16(4)24/h5-8,11-12H,9-10H2,1-4H3,(H,21,23)(H,22,24). The number of hydrogen-bond acceptors (Lipinski definition) is 2. The van der Waals surface area contributed by atoms with Gasteiger partial charge in [-0.05, 0) is 61.1 Å². The number of amides is 2. The van der Waals surface area contributed by atoms with E-state index >= 15 is 0 Å². The topological polar surface area (TPSA) is 58.2 Å². The second kappa shape index (κ2) is 7.77. The van der Waals surface area contributed by atoms with E-state index in [0.29, 0.717) is 0 Å². The fourth-order valence-electron chi connectivity index (χ4n) is 2.70. The van der Waals surface area contributed by atoms with Gasteiger partial charge in [-0.25, -0.2) is 0 Å². The van der Waals surface area contributed by atoms with Gasteiger partial charge in [0.15, 0.2) is 0 Å². The molecular weight excluding hydrogens is 300 g/mol. The average Bonchev–Trinajstić information content (AvgIpc) is 2.47. The van der Waals surface area contributed by atoms with Gasteiger partial charge >= 0.3 is 0 Å². The Labute approximate surface area is 143 Å². The number of hydrogen-bond donors (Lipinski definition) is 2. The Hall–Kier alpha value is -2.62. The quantitative estimate of drug-likeness (QED) is 0.873. The van der Waals surface area contributed by atoms with E-state index in [1.807, 2.05) is 50.2 Å². The molecule has 0 aliphatic heterocycles. The Morgan fingerprint density at radius 1 is 0.750 bits per heavy atom. The minimum Gasteiger partial charge on any atom is -0.326 e. The van der Waals surface area contributed by atoms with Crippen molar-refractivity contribution in [3.05, 3.63) is 58.7 Å². The Kier molecular flexibility index (Phi) is 5.74. The Balaban J connectivity index is 2.22. The molecule has 4 heteroatoms. The van der Waals surface area contributed by atoms with Gasteiger partial charge in [0.25, 0.3) is 0 Å². The first-order valence-corrected chi connectivity index (χ1v) is 8.09. The molecule has 2 rings (SSSR count). The van der Waals surface area contributed by atoms with Crippen LogP contribution in [0.1, 0.15) is 36.1 Å². The highest BCUT2D eigenvalue weighted by molar-refractivity contribution is 5.90. The molecule has 4 nitrogen and oxygen atoms in total. The first-order valence-electron chi connectivity index (χ1n) is 8.09. The van der Waals surface area contributed by atoms with Crippen molar-refractivity contribution in [1.29, 1.82) is 0 Å². The molecule has 0 atom stereocenters. The summed E-state index contributed by atoms with van der Waals surface area (Å²) in [6.45, 7) is 7.04. The predicted octanol–water partition coefficient (Wildman–Crippen LogP) is 4.01. The molecule has 2 aromatic rings. The molecule has 0 saturated carbocycles. The number of carbonyl (C=O) groups is 2. The fraction of sp³-hybridized carbons (Fsp3) is 0.300. The molecule has 2 aromatic carbocycles. The lowest BCUT2D eigenvalue weighted by Crippen LogP contribution is -2.10. The summed E-state index contributed by atoms with van der Waals surface area (Å²) < 4.78 is 0. The summed E-state index contributed by atoms with van der Waals surface area (Å²) in [5.41, 5.74) is 6.11. The number of carbonyl (C=O) groups excluding carboxylic acids is 2. The predicted molar refractivity (Wildman–Crippen MR) is 98.4 cm³/mol. The zero-order valence-electron chi connectivity index (χ0n) is 14.7. The van der Waals surface area contributed by atoms with Gasteiger partial charge in [0.1, 0.15) is 0 Å². The smallest absolute Gasteiger partial charge is 0.221 e. The largest absolute Gasteiger partial charge is 0.326 e. The molecule has 0 saturated heterocycles. The second-order valence-corrected chi connectivity index (χ2v) is 6.18. The summed E-state index contributed by atoms with van der Waals surface area (Å²) in [4.78, 5) is 22.8. The normalized spacial score (nSPS) is 10.3. The third kappa shape index (κ3) is 4.95. The fourth-order valence-corrected chi connectivity index (χ4v) is 2.70. The van der Waals surface area contributed by atoms with E-state index < -0.39 is 0 Å². The van der Waals surface area contributed by atoms with Crippen LogP contribution in [0.3, 0.4) is 0 Å². The van der Waals surface area contributed by atoms with Crippen molar-refractivity contribution in [2.45, 2.75) is 40.5 Å². The SMILES string of the molecule is CC(=O)Nc1cc(C)ccc1CCc1ccc(C)cc1NC(C)=O. The van der Waals surface area contributed by atoms with E-state index in [-0.39, 0.29) is 11.8 Å². The molecule has 0 spiro atoms. The summed E-state index contributed by atoms with van der Waals surface area (Å²) >= 11 is 0. The first kappa shape index (κ1) is 17.7. The summed E-state index contributed by atoms with van der Waals surface area (Å²) in [5, 5.41) is 5.80. The number of nitrogens with one attached hydrogen (secondary N) is 2. The van der Waals surface area contributed by atoms with Crippen LogP contribution < -0.4 is 10.6 Å². The molecule has 0 aliphatic rings. The molecule has 2 amide bonds. The number of aryl methyl sites for hydroxylation is 4. The van der Waals surface area contributed by atoms with E-state index in [9.17, 15) is 9.59 Å². The zero-order chi connectivity index (χ0) is 17.7. The van der Waals surface area contributed by atoms with Gasteiger partial charge in [-0.3, -0.25) is 9.59 Å². The molecule has 0 unspecified atom stereocenters.